The van der Waals surface area contributed by atoms with Crippen LogP contribution < -0.4 is 5.32 Å². The molecule has 0 atom stereocenters. The van der Waals surface area contributed by atoms with E-state index in [0.29, 0.717) is 10.7 Å². The standard InChI is InChI=1S/C15H11BrClN3OS/c16-9-5-6-11(10(17)7-9)18-14(21)8-22-15-19-12-3-1-2-4-13(12)20-15/h1-7H,8H2,(H,18,21)(H,19,20). The van der Waals surface area contributed by atoms with Gasteiger partial charge in [-0.25, -0.2) is 4.98 Å². The Morgan fingerprint density at radius 3 is 2.91 bits per heavy atom. The molecule has 4 nitrogen and oxygen atoms in total. The van der Waals surface area contributed by atoms with Crippen LogP contribution in [-0.4, -0.2) is 21.6 Å². The minimum Gasteiger partial charge on any atom is -0.333 e. The largest absolute Gasteiger partial charge is 0.333 e. The average Bonchev–Trinajstić information content (AvgIpc) is 2.91. The van der Waals surface area contributed by atoms with E-state index in [4.69, 9.17) is 11.6 Å². The Morgan fingerprint density at radius 2 is 2.14 bits per heavy atom. The first-order chi connectivity index (χ1) is 10.6. The highest BCUT2D eigenvalue weighted by molar-refractivity contribution is 9.10. The minimum atomic E-state index is -0.130. The second-order valence-electron chi connectivity index (χ2n) is 4.52. The minimum absolute atomic E-state index is 0.130. The van der Waals surface area contributed by atoms with E-state index in [0.717, 1.165) is 20.7 Å². The van der Waals surface area contributed by atoms with Crippen molar-refractivity contribution in [3.63, 3.8) is 0 Å². The number of carbonyl (C=O) groups is 1. The van der Waals surface area contributed by atoms with Gasteiger partial charge in [0.25, 0.3) is 0 Å². The lowest BCUT2D eigenvalue weighted by atomic mass is 10.3. The fourth-order valence-corrected chi connectivity index (χ4v) is 3.31. The molecule has 0 radical (unpaired) electrons. The smallest absolute Gasteiger partial charge is 0.234 e. The van der Waals surface area contributed by atoms with Crippen molar-refractivity contribution < 1.29 is 4.79 Å². The van der Waals surface area contributed by atoms with Crippen LogP contribution in [0.3, 0.4) is 0 Å². The van der Waals surface area contributed by atoms with E-state index in [1.807, 2.05) is 30.3 Å². The van der Waals surface area contributed by atoms with Gasteiger partial charge >= 0.3 is 0 Å². The number of anilines is 1. The number of rotatable bonds is 4. The van der Waals surface area contributed by atoms with E-state index in [2.05, 4.69) is 31.2 Å². The average molecular weight is 397 g/mol. The van der Waals surface area contributed by atoms with Crippen LogP contribution in [0.1, 0.15) is 0 Å². The molecule has 3 aromatic rings. The Labute approximate surface area is 144 Å². The van der Waals surface area contributed by atoms with Crippen molar-refractivity contribution in [2.24, 2.45) is 0 Å². The third-order valence-corrected chi connectivity index (χ3v) is 4.59. The van der Waals surface area contributed by atoms with Gasteiger partial charge in [-0.2, -0.15) is 0 Å². The number of halogens is 2. The van der Waals surface area contributed by atoms with Gasteiger partial charge in [0.15, 0.2) is 5.16 Å². The maximum atomic E-state index is 12.0. The highest BCUT2D eigenvalue weighted by Crippen LogP contribution is 2.26. The third kappa shape index (κ3) is 3.63. The lowest BCUT2D eigenvalue weighted by Gasteiger charge is -2.06. The van der Waals surface area contributed by atoms with Crippen molar-refractivity contribution >= 4 is 61.9 Å². The number of aromatic nitrogens is 2. The zero-order chi connectivity index (χ0) is 15.5. The molecule has 0 unspecified atom stereocenters. The fourth-order valence-electron chi connectivity index (χ4n) is 1.91. The van der Waals surface area contributed by atoms with E-state index in [1.54, 1.807) is 12.1 Å². The molecule has 0 aliphatic heterocycles. The van der Waals surface area contributed by atoms with Crippen LogP contribution in [0.5, 0.6) is 0 Å². The number of benzene rings is 2. The summed E-state index contributed by atoms with van der Waals surface area (Å²) in [5, 5.41) is 4.00. The Morgan fingerprint density at radius 1 is 1.32 bits per heavy atom. The van der Waals surface area contributed by atoms with Gasteiger partial charge in [-0.3, -0.25) is 4.79 Å². The summed E-state index contributed by atoms with van der Waals surface area (Å²) < 4.78 is 0.868. The number of aromatic amines is 1. The van der Waals surface area contributed by atoms with Crippen molar-refractivity contribution in [3.8, 4) is 0 Å². The van der Waals surface area contributed by atoms with E-state index in [-0.39, 0.29) is 11.7 Å². The topological polar surface area (TPSA) is 57.8 Å². The van der Waals surface area contributed by atoms with Crippen LogP contribution in [0.4, 0.5) is 5.69 Å². The molecular weight excluding hydrogens is 386 g/mol. The molecule has 0 bridgehead atoms. The molecule has 0 aliphatic carbocycles. The number of fused-ring (bicyclic) bond motifs is 1. The molecule has 22 heavy (non-hydrogen) atoms. The highest BCUT2D eigenvalue weighted by atomic mass is 79.9. The van der Waals surface area contributed by atoms with Gasteiger partial charge < -0.3 is 10.3 Å². The summed E-state index contributed by atoms with van der Waals surface area (Å²) in [6, 6.07) is 13.1. The fraction of sp³-hybridized carbons (Fsp3) is 0.0667. The van der Waals surface area contributed by atoms with Crippen LogP contribution >= 0.6 is 39.3 Å². The summed E-state index contributed by atoms with van der Waals surface area (Å²) in [7, 11) is 0. The first-order valence-electron chi connectivity index (χ1n) is 6.44. The summed E-state index contributed by atoms with van der Waals surface area (Å²) >= 11 is 10.8. The molecule has 0 aliphatic rings. The van der Waals surface area contributed by atoms with Gasteiger partial charge in [0.05, 0.1) is 27.5 Å². The molecule has 0 saturated carbocycles. The van der Waals surface area contributed by atoms with Crippen LogP contribution in [0.15, 0.2) is 52.1 Å². The van der Waals surface area contributed by atoms with Crippen molar-refractivity contribution in [2.45, 2.75) is 5.16 Å². The summed E-state index contributed by atoms with van der Waals surface area (Å²) in [6.45, 7) is 0. The Bertz CT molecular complexity index is 804. The first kappa shape index (κ1) is 15.4. The Kier molecular flexibility index (Phi) is 4.71. The van der Waals surface area contributed by atoms with Crippen molar-refractivity contribution in [1.29, 1.82) is 0 Å². The van der Waals surface area contributed by atoms with Crippen LogP contribution in [0.2, 0.25) is 5.02 Å². The van der Waals surface area contributed by atoms with Gasteiger partial charge in [-0.15, -0.1) is 0 Å². The molecule has 3 rings (SSSR count). The van der Waals surface area contributed by atoms with Gasteiger partial charge in [-0.05, 0) is 30.3 Å². The summed E-state index contributed by atoms with van der Waals surface area (Å²) in [5.41, 5.74) is 2.45. The van der Waals surface area contributed by atoms with Gasteiger partial charge in [0, 0.05) is 4.47 Å². The molecule has 112 valence electrons. The molecule has 2 aromatic carbocycles. The van der Waals surface area contributed by atoms with Gasteiger partial charge in [0.2, 0.25) is 5.91 Å². The summed E-state index contributed by atoms with van der Waals surface area (Å²) in [6.07, 6.45) is 0. The maximum Gasteiger partial charge on any atom is 0.234 e. The zero-order valence-electron chi connectivity index (χ0n) is 11.3. The predicted molar refractivity (Wildman–Crippen MR) is 94.6 cm³/mol. The van der Waals surface area contributed by atoms with Crippen molar-refractivity contribution in [2.75, 3.05) is 11.1 Å². The molecule has 0 fully saturated rings. The number of H-pyrrole nitrogens is 1. The molecule has 1 aromatic heterocycles. The number of nitrogens with one attached hydrogen (secondary N) is 2. The highest BCUT2D eigenvalue weighted by Gasteiger charge is 2.09. The van der Waals surface area contributed by atoms with Crippen LogP contribution in [0, 0.1) is 0 Å². The number of hydrogen-bond donors (Lipinski definition) is 2. The van der Waals surface area contributed by atoms with E-state index < -0.39 is 0 Å². The number of para-hydroxylation sites is 2. The zero-order valence-corrected chi connectivity index (χ0v) is 14.4. The maximum absolute atomic E-state index is 12.0. The number of nitrogens with zero attached hydrogens (tertiary/aromatic N) is 1. The number of imidazole rings is 1. The SMILES string of the molecule is O=C(CSc1nc2ccccc2[nH]1)Nc1ccc(Br)cc1Cl. The Hall–Kier alpha value is -1.50. The predicted octanol–water partition coefficient (Wildman–Crippen LogP) is 4.71. The third-order valence-electron chi connectivity index (χ3n) is 2.91. The quantitative estimate of drug-likeness (QED) is 0.628. The summed E-state index contributed by atoms with van der Waals surface area (Å²) in [5.74, 6) is 0.126. The molecule has 0 spiro atoms. The van der Waals surface area contributed by atoms with Crippen LogP contribution in [0.25, 0.3) is 11.0 Å². The molecule has 0 saturated heterocycles. The number of thioether (sulfide) groups is 1. The van der Waals surface area contributed by atoms with Crippen molar-refractivity contribution in [1.82, 2.24) is 9.97 Å². The number of carbonyl (C=O) groups excluding carboxylic acids is 1. The van der Waals surface area contributed by atoms with Gasteiger partial charge in [0.1, 0.15) is 0 Å². The molecule has 1 amide bonds. The normalized spacial score (nSPS) is 10.8. The van der Waals surface area contributed by atoms with Crippen molar-refractivity contribution in [3.05, 3.63) is 52.0 Å². The number of amides is 1. The molecule has 7 heteroatoms. The van der Waals surface area contributed by atoms with E-state index in [1.165, 1.54) is 11.8 Å². The first-order valence-corrected chi connectivity index (χ1v) is 8.60. The number of hydrogen-bond acceptors (Lipinski definition) is 3. The lowest BCUT2D eigenvalue weighted by Crippen LogP contribution is -2.14. The lowest BCUT2D eigenvalue weighted by molar-refractivity contribution is -0.113. The molecule has 1 heterocycles. The van der Waals surface area contributed by atoms with Gasteiger partial charge in [-0.1, -0.05) is 51.4 Å². The molecular formula is C15H11BrClN3OS. The monoisotopic (exact) mass is 395 g/mol. The van der Waals surface area contributed by atoms with E-state index in [9.17, 15) is 4.79 Å². The van der Waals surface area contributed by atoms with E-state index >= 15 is 0 Å². The Balaban J connectivity index is 1.62. The molecule has 2 N–H and O–H groups in total. The summed E-state index contributed by atoms with van der Waals surface area (Å²) in [4.78, 5) is 19.6. The van der Waals surface area contributed by atoms with Crippen LogP contribution in [-0.2, 0) is 4.79 Å². The second kappa shape index (κ2) is 6.73. The second-order valence-corrected chi connectivity index (χ2v) is 6.81.